The van der Waals surface area contributed by atoms with Gasteiger partial charge in [-0.05, 0) is 38.5 Å². The van der Waals surface area contributed by atoms with Crippen LogP contribution in [0.3, 0.4) is 0 Å². The van der Waals surface area contributed by atoms with Gasteiger partial charge >= 0.3 is 17.9 Å². The standard InChI is InChI=1S/C45H76O11/c1-3-5-7-9-11-13-15-17-18-19-20-22-24-26-28-30-32-34-39(47)55-37(36-54-45-42(50)40(48)41(49)43(56-45)44(51)52)35-53-38(46)33-31-29-27-25-23-21-16-14-12-10-8-6-4-2/h6,8,12,14,21,23,27,29,37,40-43,45,48-50H,3-5,7,9-11,13,15-20,22,24-26,28,30-36H2,1-2H3,(H,51,52)/b8-6-,14-12-,23-21-,29-27-. The molecule has 0 aromatic heterocycles. The molecule has 6 unspecified atom stereocenters. The molecule has 1 aliphatic heterocycles. The lowest BCUT2D eigenvalue weighted by Crippen LogP contribution is -2.60. The highest BCUT2D eigenvalue weighted by Crippen LogP contribution is 2.23. The van der Waals surface area contributed by atoms with Gasteiger partial charge < -0.3 is 39.4 Å². The third-order valence-corrected chi connectivity index (χ3v) is 9.71. The molecule has 1 heterocycles. The highest BCUT2D eigenvalue weighted by molar-refractivity contribution is 5.73. The molecule has 0 spiro atoms. The fourth-order valence-electron chi connectivity index (χ4n) is 6.30. The number of carbonyl (C=O) groups is 3. The molecule has 0 aromatic carbocycles. The molecule has 1 saturated heterocycles. The second-order valence-corrected chi connectivity index (χ2v) is 14.8. The Morgan fingerprint density at radius 2 is 1.05 bits per heavy atom. The molecule has 0 amide bonds. The van der Waals surface area contributed by atoms with E-state index in [1.54, 1.807) is 0 Å². The maximum Gasteiger partial charge on any atom is 0.335 e. The van der Waals surface area contributed by atoms with Gasteiger partial charge in [0, 0.05) is 12.8 Å². The Hall–Kier alpha value is -2.83. The number of aliphatic carboxylic acids is 1. The second kappa shape index (κ2) is 35.3. The number of allylic oxidation sites excluding steroid dienone is 8. The number of unbranched alkanes of at least 4 members (excludes halogenated alkanes) is 16. The smallest absolute Gasteiger partial charge is 0.335 e. The first-order valence-electron chi connectivity index (χ1n) is 21.7. The topological polar surface area (TPSA) is 169 Å². The van der Waals surface area contributed by atoms with Gasteiger partial charge in [0.25, 0.3) is 0 Å². The Bertz CT molecular complexity index is 1120. The molecule has 0 saturated carbocycles. The van der Waals surface area contributed by atoms with Crippen LogP contribution in [0.5, 0.6) is 0 Å². The quantitative estimate of drug-likeness (QED) is 0.0275. The number of hydrogen-bond donors (Lipinski definition) is 4. The predicted molar refractivity (Wildman–Crippen MR) is 220 cm³/mol. The van der Waals surface area contributed by atoms with Crippen LogP contribution in [-0.2, 0) is 33.3 Å². The van der Waals surface area contributed by atoms with Crippen LogP contribution in [0.4, 0.5) is 0 Å². The van der Waals surface area contributed by atoms with E-state index in [-0.39, 0.29) is 19.4 Å². The fraction of sp³-hybridized carbons (Fsp3) is 0.756. The minimum absolute atomic E-state index is 0.115. The molecule has 6 atom stereocenters. The number of carboxylic acids is 1. The third kappa shape index (κ3) is 26.9. The Kier molecular flexibility index (Phi) is 32.3. The molecule has 11 nitrogen and oxygen atoms in total. The van der Waals surface area contributed by atoms with Gasteiger partial charge in [0.1, 0.15) is 24.9 Å². The van der Waals surface area contributed by atoms with Crippen LogP contribution >= 0.6 is 0 Å². The minimum atomic E-state index is -1.87. The van der Waals surface area contributed by atoms with E-state index in [9.17, 15) is 34.8 Å². The van der Waals surface area contributed by atoms with Crippen LogP contribution in [-0.4, -0.2) is 88.4 Å². The van der Waals surface area contributed by atoms with E-state index >= 15 is 0 Å². The van der Waals surface area contributed by atoms with E-state index in [0.717, 1.165) is 44.9 Å². The number of rotatable bonds is 35. The van der Waals surface area contributed by atoms with Gasteiger partial charge in [-0.2, -0.15) is 0 Å². The van der Waals surface area contributed by atoms with Crippen molar-refractivity contribution in [2.24, 2.45) is 0 Å². The van der Waals surface area contributed by atoms with E-state index in [2.05, 4.69) is 50.3 Å². The van der Waals surface area contributed by atoms with Crippen LogP contribution < -0.4 is 0 Å². The average molecular weight is 793 g/mol. The lowest BCUT2D eigenvalue weighted by molar-refractivity contribution is -0.298. The van der Waals surface area contributed by atoms with Crippen molar-refractivity contribution in [3.63, 3.8) is 0 Å². The molecule has 322 valence electrons. The molecule has 11 heteroatoms. The third-order valence-electron chi connectivity index (χ3n) is 9.71. The van der Waals surface area contributed by atoms with Gasteiger partial charge in [-0.1, -0.05) is 165 Å². The van der Waals surface area contributed by atoms with Crippen molar-refractivity contribution >= 4 is 17.9 Å². The van der Waals surface area contributed by atoms with Gasteiger partial charge in [-0.3, -0.25) is 9.59 Å². The number of aliphatic hydroxyl groups is 3. The van der Waals surface area contributed by atoms with E-state index < -0.39 is 61.3 Å². The van der Waals surface area contributed by atoms with E-state index in [0.29, 0.717) is 12.8 Å². The van der Waals surface area contributed by atoms with Crippen molar-refractivity contribution < 1.29 is 53.8 Å². The van der Waals surface area contributed by atoms with Crippen molar-refractivity contribution in [3.05, 3.63) is 48.6 Å². The first-order valence-corrected chi connectivity index (χ1v) is 21.7. The molecule has 0 aromatic rings. The van der Waals surface area contributed by atoms with Crippen LogP contribution in [0.1, 0.15) is 168 Å². The van der Waals surface area contributed by atoms with Gasteiger partial charge in [0.05, 0.1) is 6.61 Å². The summed E-state index contributed by atoms with van der Waals surface area (Å²) < 4.78 is 21.6. The number of ether oxygens (including phenoxy) is 4. The number of carbonyl (C=O) groups excluding carboxylic acids is 2. The summed E-state index contributed by atoms with van der Waals surface area (Å²) in [5.74, 6) is -2.55. The maximum absolute atomic E-state index is 12.7. The largest absolute Gasteiger partial charge is 0.479 e. The summed E-state index contributed by atoms with van der Waals surface area (Å²) in [6.45, 7) is 3.63. The van der Waals surface area contributed by atoms with Crippen LogP contribution in [0, 0.1) is 0 Å². The van der Waals surface area contributed by atoms with Crippen molar-refractivity contribution in [1.29, 1.82) is 0 Å². The molecule has 1 aliphatic rings. The Balaban J connectivity index is 2.41. The SMILES string of the molecule is CC/C=C\C/C=C\C/C=C\C/C=C\CCC(=O)OCC(COC1OC(C(=O)O)C(O)C(O)C1O)OC(=O)CCCCCCCCCCCCCCCCCCC. The first kappa shape index (κ1) is 51.2. The van der Waals surface area contributed by atoms with E-state index in [1.807, 2.05) is 12.2 Å². The fourth-order valence-corrected chi connectivity index (χ4v) is 6.30. The zero-order valence-corrected chi connectivity index (χ0v) is 34.6. The van der Waals surface area contributed by atoms with E-state index in [1.165, 1.54) is 83.5 Å². The first-order chi connectivity index (χ1) is 27.2. The lowest BCUT2D eigenvalue weighted by Gasteiger charge is -2.38. The van der Waals surface area contributed by atoms with Crippen LogP contribution in [0.15, 0.2) is 48.6 Å². The normalized spacial score (nSPS) is 20.8. The highest BCUT2D eigenvalue weighted by Gasteiger charge is 2.47. The van der Waals surface area contributed by atoms with Gasteiger partial charge in [-0.15, -0.1) is 0 Å². The van der Waals surface area contributed by atoms with Crippen LogP contribution in [0.2, 0.25) is 0 Å². The van der Waals surface area contributed by atoms with Gasteiger partial charge in [-0.25, -0.2) is 4.79 Å². The molecule has 56 heavy (non-hydrogen) atoms. The number of carboxylic acid groups (broad SMARTS) is 1. The van der Waals surface area contributed by atoms with E-state index in [4.69, 9.17) is 18.9 Å². The maximum atomic E-state index is 12.7. The number of esters is 2. The molecule has 4 N–H and O–H groups in total. The molecular weight excluding hydrogens is 716 g/mol. The summed E-state index contributed by atoms with van der Waals surface area (Å²) in [4.78, 5) is 36.7. The van der Waals surface area contributed by atoms with Crippen LogP contribution in [0.25, 0.3) is 0 Å². The second-order valence-electron chi connectivity index (χ2n) is 14.8. The summed E-state index contributed by atoms with van der Waals surface area (Å²) in [5.41, 5.74) is 0. The summed E-state index contributed by atoms with van der Waals surface area (Å²) in [6.07, 6.45) is 31.8. The molecule has 0 radical (unpaired) electrons. The van der Waals surface area contributed by atoms with Crippen molar-refractivity contribution in [2.75, 3.05) is 13.2 Å². The monoisotopic (exact) mass is 793 g/mol. The summed E-state index contributed by atoms with van der Waals surface area (Å²) >= 11 is 0. The minimum Gasteiger partial charge on any atom is -0.479 e. The molecule has 1 fully saturated rings. The molecular formula is C45H76O11. The number of hydrogen-bond acceptors (Lipinski definition) is 10. The Morgan fingerprint density at radius 1 is 0.571 bits per heavy atom. The molecule has 0 bridgehead atoms. The Morgan fingerprint density at radius 3 is 1.55 bits per heavy atom. The van der Waals surface area contributed by atoms with Gasteiger partial charge in [0.2, 0.25) is 0 Å². The van der Waals surface area contributed by atoms with Crippen molar-refractivity contribution in [3.8, 4) is 0 Å². The van der Waals surface area contributed by atoms with Crippen molar-refractivity contribution in [1.82, 2.24) is 0 Å². The zero-order valence-electron chi connectivity index (χ0n) is 34.6. The summed E-state index contributed by atoms with van der Waals surface area (Å²) in [5, 5.41) is 39.7. The number of aliphatic hydroxyl groups excluding tert-OH is 3. The summed E-state index contributed by atoms with van der Waals surface area (Å²) in [6, 6.07) is 0. The molecule has 0 aliphatic carbocycles. The highest BCUT2D eigenvalue weighted by atomic mass is 16.7. The van der Waals surface area contributed by atoms with Gasteiger partial charge in [0.15, 0.2) is 18.5 Å². The Labute approximate surface area is 337 Å². The van der Waals surface area contributed by atoms with Crippen molar-refractivity contribution in [2.45, 2.75) is 205 Å². The average Bonchev–Trinajstić information content (AvgIpc) is 3.18. The lowest BCUT2D eigenvalue weighted by atomic mass is 9.99. The zero-order chi connectivity index (χ0) is 41.1. The predicted octanol–water partition coefficient (Wildman–Crippen LogP) is 8.98. The molecule has 1 rings (SSSR count). The summed E-state index contributed by atoms with van der Waals surface area (Å²) in [7, 11) is 0.